The lowest BCUT2D eigenvalue weighted by Gasteiger charge is -2.14. The topological polar surface area (TPSA) is 102 Å². The van der Waals surface area contributed by atoms with E-state index in [4.69, 9.17) is 27.9 Å². The van der Waals surface area contributed by atoms with Gasteiger partial charge in [-0.1, -0.05) is 35.3 Å². The number of rotatable bonds is 7. The largest absolute Gasteiger partial charge is 0.454 e. The molecule has 0 spiro atoms. The van der Waals surface area contributed by atoms with Crippen LogP contribution in [0, 0.1) is 0 Å². The van der Waals surface area contributed by atoms with Gasteiger partial charge in [0, 0.05) is 10.7 Å². The summed E-state index contributed by atoms with van der Waals surface area (Å²) in [4.78, 5) is -0.0547. The van der Waals surface area contributed by atoms with E-state index in [0.29, 0.717) is 10.8 Å². The standard InChI is InChI=1S/C19H16Cl2N2O5S2/c1-29(24,25)22-14-7-9-15(10-8-14)30(26,27)23-17-4-2-3-5-19(17)28-18-11-6-13(20)12-16(18)21/h2-12,22-23H,1H3. The molecule has 7 nitrogen and oxygen atoms in total. The predicted molar refractivity (Wildman–Crippen MR) is 119 cm³/mol. The van der Waals surface area contributed by atoms with Crippen molar-refractivity contribution in [2.45, 2.75) is 4.90 Å². The van der Waals surface area contributed by atoms with Crippen molar-refractivity contribution in [2.75, 3.05) is 15.7 Å². The minimum Gasteiger partial charge on any atom is -0.454 e. The van der Waals surface area contributed by atoms with E-state index >= 15 is 0 Å². The van der Waals surface area contributed by atoms with Crippen LogP contribution in [0.5, 0.6) is 11.5 Å². The lowest BCUT2D eigenvalue weighted by Crippen LogP contribution is -2.14. The molecule has 0 aromatic heterocycles. The molecule has 0 atom stereocenters. The first-order valence-electron chi connectivity index (χ1n) is 8.36. The van der Waals surface area contributed by atoms with Crippen LogP contribution in [0.25, 0.3) is 0 Å². The van der Waals surface area contributed by atoms with Gasteiger partial charge in [0.05, 0.1) is 21.9 Å². The molecule has 0 saturated heterocycles. The summed E-state index contributed by atoms with van der Waals surface area (Å²) in [5, 5.41) is 0.712. The van der Waals surface area contributed by atoms with Crippen molar-refractivity contribution >= 4 is 54.6 Å². The number of nitrogens with one attached hydrogen (secondary N) is 2. The van der Waals surface area contributed by atoms with Crippen molar-refractivity contribution in [1.29, 1.82) is 0 Å². The van der Waals surface area contributed by atoms with Crippen LogP contribution in [0.2, 0.25) is 10.0 Å². The highest BCUT2D eigenvalue weighted by molar-refractivity contribution is 7.92. The van der Waals surface area contributed by atoms with Crippen LogP contribution in [-0.2, 0) is 20.0 Å². The molecule has 0 bridgehead atoms. The fourth-order valence-corrected chi connectivity index (χ4v) is 4.52. The minimum atomic E-state index is -3.97. The Morgan fingerprint density at radius 1 is 0.800 bits per heavy atom. The molecule has 0 amide bonds. The summed E-state index contributed by atoms with van der Waals surface area (Å²) < 4.78 is 58.6. The Balaban J connectivity index is 1.85. The Hall–Kier alpha value is -2.46. The normalized spacial score (nSPS) is 11.7. The third-order valence-corrected chi connectivity index (χ3v) is 6.23. The maximum absolute atomic E-state index is 12.8. The predicted octanol–water partition coefficient (Wildman–Crippen LogP) is 4.96. The van der Waals surface area contributed by atoms with Gasteiger partial charge in [-0.3, -0.25) is 9.44 Å². The number of benzene rings is 3. The molecule has 0 fully saturated rings. The van der Waals surface area contributed by atoms with Crippen LogP contribution in [-0.4, -0.2) is 23.1 Å². The van der Waals surface area contributed by atoms with Crippen molar-refractivity contribution in [3.8, 4) is 11.5 Å². The minimum absolute atomic E-state index is 0.0547. The van der Waals surface area contributed by atoms with Gasteiger partial charge in [-0.05, 0) is 54.6 Å². The van der Waals surface area contributed by atoms with Crippen LogP contribution >= 0.6 is 23.2 Å². The second kappa shape index (κ2) is 8.73. The molecule has 30 heavy (non-hydrogen) atoms. The van der Waals surface area contributed by atoms with Crippen LogP contribution in [0.4, 0.5) is 11.4 Å². The molecule has 11 heteroatoms. The average molecular weight is 487 g/mol. The third-order valence-electron chi connectivity index (χ3n) is 3.71. The molecule has 0 aliphatic rings. The summed E-state index contributed by atoms with van der Waals surface area (Å²) in [7, 11) is -7.43. The number of sulfonamides is 2. The van der Waals surface area contributed by atoms with Gasteiger partial charge in [0.25, 0.3) is 10.0 Å². The van der Waals surface area contributed by atoms with Gasteiger partial charge in [-0.2, -0.15) is 0 Å². The zero-order valence-electron chi connectivity index (χ0n) is 15.5. The quantitative estimate of drug-likeness (QED) is 0.491. The average Bonchev–Trinajstić information content (AvgIpc) is 2.64. The molecule has 158 valence electrons. The Morgan fingerprint density at radius 3 is 2.10 bits per heavy atom. The van der Waals surface area contributed by atoms with Crippen molar-refractivity contribution in [1.82, 2.24) is 0 Å². The number of halogens is 2. The SMILES string of the molecule is CS(=O)(=O)Nc1ccc(S(=O)(=O)Nc2ccccc2Oc2ccc(Cl)cc2Cl)cc1. The summed E-state index contributed by atoms with van der Waals surface area (Å²) in [5.41, 5.74) is 0.444. The Kier molecular flexibility index (Phi) is 6.47. The Morgan fingerprint density at radius 2 is 1.47 bits per heavy atom. The van der Waals surface area contributed by atoms with Crippen molar-refractivity contribution in [3.63, 3.8) is 0 Å². The van der Waals surface area contributed by atoms with E-state index < -0.39 is 20.0 Å². The van der Waals surface area contributed by atoms with E-state index in [0.717, 1.165) is 6.26 Å². The number of hydrogen-bond donors (Lipinski definition) is 2. The number of hydrogen-bond acceptors (Lipinski definition) is 5. The molecule has 2 N–H and O–H groups in total. The maximum Gasteiger partial charge on any atom is 0.262 e. The Labute approximate surface area is 184 Å². The first kappa shape index (κ1) is 22.2. The van der Waals surface area contributed by atoms with E-state index in [1.807, 2.05) is 0 Å². The number of para-hydroxylation sites is 2. The van der Waals surface area contributed by atoms with Crippen molar-refractivity contribution in [2.24, 2.45) is 0 Å². The molecule has 3 rings (SSSR count). The zero-order valence-corrected chi connectivity index (χ0v) is 18.6. The van der Waals surface area contributed by atoms with Gasteiger partial charge in [0.2, 0.25) is 10.0 Å². The molecular formula is C19H16Cl2N2O5S2. The summed E-state index contributed by atoms with van der Waals surface area (Å²) in [6, 6.07) is 16.4. The molecule has 3 aromatic carbocycles. The number of ether oxygens (including phenoxy) is 1. The summed E-state index contributed by atoms with van der Waals surface area (Å²) >= 11 is 12.0. The molecule has 0 saturated carbocycles. The van der Waals surface area contributed by atoms with E-state index in [-0.39, 0.29) is 27.0 Å². The summed E-state index contributed by atoms with van der Waals surface area (Å²) in [6.07, 6.45) is 1.00. The highest BCUT2D eigenvalue weighted by Crippen LogP contribution is 2.35. The molecule has 0 aliphatic heterocycles. The van der Waals surface area contributed by atoms with Gasteiger partial charge in [0.1, 0.15) is 5.75 Å². The van der Waals surface area contributed by atoms with E-state index in [2.05, 4.69) is 9.44 Å². The summed E-state index contributed by atoms with van der Waals surface area (Å²) in [5.74, 6) is 0.546. The van der Waals surface area contributed by atoms with E-state index in [1.165, 1.54) is 36.4 Å². The van der Waals surface area contributed by atoms with Crippen molar-refractivity contribution in [3.05, 3.63) is 76.8 Å². The molecule has 3 aromatic rings. The molecule has 0 unspecified atom stereocenters. The third kappa shape index (κ3) is 5.79. The van der Waals surface area contributed by atoms with E-state index in [1.54, 1.807) is 30.3 Å². The first-order chi connectivity index (χ1) is 14.0. The molecule has 0 heterocycles. The monoisotopic (exact) mass is 486 g/mol. The van der Waals surface area contributed by atoms with Gasteiger partial charge in [0.15, 0.2) is 5.75 Å². The second-order valence-electron chi connectivity index (χ2n) is 6.18. The van der Waals surface area contributed by atoms with Gasteiger partial charge < -0.3 is 4.74 Å². The van der Waals surface area contributed by atoms with Gasteiger partial charge >= 0.3 is 0 Å². The maximum atomic E-state index is 12.8. The van der Waals surface area contributed by atoms with Gasteiger partial charge in [-0.25, -0.2) is 16.8 Å². The van der Waals surface area contributed by atoms with Gasteiger partial charge in [-0.15, -0.1) is 0 Å². The zero-order chi connectivity index (χ0) is 21.9. The van der Waals surface area contributed by atoms with E-state index in [9.17, 15) is 16.8 Å². The summed E-state index contributed by atoms with van der Waals surface area (Å²) in [6.45, 7) is 0. The second-order valence-corrected chi connectivity index (χ2v) is 10.5. The first-order valence-corrected chi connectivity index (χ1v) is 12.5. The van der Waals surface area contributed by atoms with Crippen LogP contribution < -0.4 is 14.2 Å². The Bertz CT molecular complexity index is 1280. The lowest BCUT2D eigenvalue weighted by atomic mass is 10.3. The number of anilines is 2. The highest BCUT2D eigenvalue weighted by Gasteiger charge is 2.17. The van der Waals surface area contributed by atoms with Crippen LogP contribution in [0.3, 0.4) is 0 Å². The van der Waals surface area contributed by atoms with Crippen LogP contribution in [0.1, 0.15) is 0 Å². The molecule has 0 radical (unpaired) electrons. The fraction of sp³-hybridized carbons (Fsp3) is 0.0526. The van der Waals surface area contributed by atoms with Crippen molar-refractivity contribution < 1.29 is 21.6 Å². The molecular weight excluding hydrogens is 471 g/mol. The molecule has 0 aliphatic carbocycles. The highest BCUT2D eigenvalue weighted by atomic mass is 35.5. The van der Waals surface area contributed by atoms with Crippen LogP contribution in [0.15, 0.2) is 71.6 Å². The fourth-order valence-electron chi connectivity index (χ4n) is 2.44. The smallest absolute Gasteiger partial charge is 0.262 e. The lowest BCUT2D eigenvalue weighted by molar-refractivity contribution is 0.485.